The van der Waals surface area contributed by atoms with Crippen molar-refractivity contribution < 1.29 is 14.6 Å². The van der Waals surface area contributed by atoms with Gasteiger partial charge in [-0.05, 0) is 33.7 Å². The van der Waals surface area contributed by atoms with E-state index in [0.29, 0.717) is 12.5 Å². The largest absolute Gasteiger partial charge is 0.444 e. The lowest BCUT2D eigenvalue weighted by Crippen LogP contribution is -2.37. The summed E-state index contributed by atoms with van der Waals surface area (Å²) in [5, 5.41) is 12.0. The van der Waals surface area contributed by atoms with Gasteiger partial charge >= 0.3 is 6.09 Å². The van der Waals surface area contributed by atoms with Crippen LogP contribution in [0.4, 0.5) is 4.79 Å². The number of rotatable bonds is 3. The van der Waals surface area contributed by atoms with Crippen LogP contribution in [0.15, 0.2) is 0 Å². The molecule has 5 nitrogen and oxygen atoms in total. The second kappa shape index (κ2) is 5.69. The maximum Gasteiger partial charge on any atom is 0.407 e. The van der Waals surface area contributed by atoms with Gasteiger partial charge in [-0.15, -0.1) is 0 Å². The van der Waals surface area contributed by atoms with Crippen molar-refractivity contribution in [1.29, 1.82) is 0 Å². The number of carbonyl (C=O) groups excluding carboxylic acids is 1. The predicted octanol–water partition coefficient (Wildman–Crippen LogP) is 0.681. The van der Waals surface area contributed by atoms with Gasteiger partial charge < -0.3 is 20.1 Å². The van der Waals surface area contributed by atoms with Crippen LogP contribution in [0.1, 0.15) is 20.8 Å². The van der Waals surface area contributed by atoms with Crippen LogP contribution in [0, 0.1) is 11.8 Å². The van der Waals surface area contributed by atoms with E-state index in [-0.39, 0.29) is 18.6 Å². The van der Waals surface area contributed by atoms with Crippen LogP contribution in [-0.2, 0) is 4.74 Å². The fourth-order valence-corrected chi connectivity index (χ4v) is 2.14. The molecule has 0 saturated carbocycles. The molecule has 0 aromatic rings. The van der Waals surface area contributed by atoms with Gasteiger partial charge in [-0.2, -0.15) is 0 Å². The van der Waals surface area contributed by atoms with Crippen molar-refractivity contribution in [2.24, 2.45) is 11.8 Å². The third kappa shape index (κ3) is 4.91. The molecule has 0 bridgehead atoms. The molecule has 1 amide bonds. The first-order chi connectivity index (χ1) is 7.81. The molecule has 0 unspecified atom stereocenters. The molecule has 0 spiro atoms. The summed E-state index contributed by atoms with van der Waals surface area (Å²) in [6.07, 6.45) is -0.385. The number of aliphatic hydroxyl groups is 1. The van der Waals surface area contributed by atoms with Crippen LogP contribution >= 0.6 is 0 Å². The molecule has 100 valence electrons. The van der Waals surface area contributed by atoms with Crippen molar-refractivity contribution in [3.05, 3.63) is 0 Å². The molecule has 5 heteroatoms. The third-order valence-corrected chi connectivity index (χ3v) is 2.90. The van der Waals surface area contributed by atoms with E-state index >= 15 is 0 Å². The Balaban J connectivity index is 2.33. The average Bonchev–Trinajstić information content (AvgIpc) is 2.53. The van der Waals surface area contributed by atoms with Crippen molar-refractivity contribution in [3.8, 4) is 0 Å². The van der Waals surface area contributed by atoms with Gasteiger partial charge in [0.15, 0.2) is 0 Å². The number of hydrogen-bond acceptors (Lipinski definition) is 4. The van der Waals surface area contributed by atoms with Gasteiger partial charge in [0.1, 0.15) is 5.60 Å². The highest BCUT2D eigenvalue weighted by Crippen LogP contribution is 2.21. The zero-order valence-electron chi connectivity index (χ0n) is 11.2. The second-order valence-electron chi connectivity index (χ2n) is 5.81. The number of nitrogens with zero attached hydrogens (tertiary/aromatic N) is 1. The summed E-state index contributed by atoms with van der Waals surface area (Å²) in [6, 6.07) is 0. The Morgan fingerprint density at radius 2 is 2.00 bits per heavy atom. The molecular formula is C12H24N2O3. The van der Waals surface area contributed by atoms with Crippen molar-refractivity contribution in [2.75, 3.05) is 33.3 Å². The van der Waals surface area contributed by atoms with Gasteiger partial charge in [0.25, 0.3) is 0 Å². The van der Waals surface area contributed by atoms with E-state index in [4.69, 9.17) is 4.74 Å². The molecule has 0 radical (unpaired) electrons. The van der Waals surface area contributed by atoms with E-state index in [9.17, 15) is 9.90 Å². The van der Waals surface area contributed by atoms with Crippen molar-refractivity contribution >= 4 is 6.09 Å². The Hall–Kier alpha value is -0.810. The van der Waals surface area contributed by atoms with E-state index in [2.05, 4.69) is 10.2 Å². The minimum atomic E-state index is -0.465. The molecule has 2 atom stereocenters. The van der Waals surface area contributed by atoms with E-state index in [1.54, 1.807) is 0 Å². The lowest BCUT2D eigenvalue weighted by molar-refractivity contribution is 0.0513. The zero-order valence-corrected chi connectivity index (χ0v) is 11.2. The fraction of sp³-hybridized carbons (Fsp3) is 0.917. The second-order valence-corrected chi connectivity index (χ2v) is 5.81. The molecule has 1 rings (SSSR count). The first kappa shape index (κ1) is 14.3. The SMILES string of the molecule is CN1C[C@@H](CNC(=O)OC(C)(C)C)[C@@H](CO)C1. The maximum atomic E-state index is 11.5. The average molecular weight is 244 g/mol. The summed E-state index contributed by atoms with van der Waals surface area (Å²) in [7, 11) is 2.02. The predicted molar refractivity (Wildman–Crippen MR) is 65.8 cm³/mol. The number of amides is 1. The topological polar surface area (TPSA) is 61.8 Å². The van der Waals surface area contributed by atoms with Crippen LogP contribution in [0.2, 0.25) is 0 Å². The molecule has 1 aliphatic heterocycles. The number of hydrogen-bond donors (Lipinski definition) is 2. The molecule has 17 heavy (non-hydrogen) atoms. The summed E-state index contributed by atoms with van der Waals surface area (Å²) >= 11 is 0. The molecule has 0 aromatic heterocycles. The summed E-state index contributed by atoms with van der Waals surface area (Å²) in [5.41, 5.74) is -0.465. The van der Waals surface area contributed by atoms with Crippen molar-refractivity contribution in [1.82, 2.24) is 10.2 Å². The highest BCUT2D eigenvalue weighted by atomic mass is 16.6. The third-order valence-electron chi connectivity index (χ3n) is 2.90. The molecule has 1 aliphatic rings. The Bertz CT molecular complexity index is 263. The highest BCUT2D eigenvalue weighted by Gasteiger charge is 2.30. The summed E-state index contributed by atoms with van der Waals surface area (Å²) in [4.78, 5) is 13.7. The van der Waals surface area contributed by atoms with E-state index in [0.717, 1.165) is 13.1 Å². The lowest BCUT2D eigenvalue weighted by Gasteiger charge is -2.21. The number of nitrogens with one attached hydrogen (secondary N) is 1. The summed E-state index contributed by atoms with van der Waals surface area (Å²) in [6.45, 7) is 8.04. The summed E-state index contributed by atoms with van der Waals surface area (Å²) in [5.74, 6) is 0.549. The Labute approximate surface area is 103 Å². The minimum Gasteiger partial charge on any atom is -0.444 e. The van der Waals surface area contributed by atoms with Crippen molar-refractivity contribution in [2.45, 2.75) is 26.4 Å². The Morgan fingerprint density at radius 3 is 2.53 bits per heavy atom. The van der Waals surface area contributed by atoms with Gasteiger partial charge in [-0.25, -0.2) is 4.79 Å². The molecule has 1 heterocycles. The standard InChI is InChI=1S/C12H24N2O3/c1-12(2,3)17-11(16)13-5-9-6-14(4)7-10(9)8-15/h9-10,15H,5-8H2,1-4H3,(H,13,16)/t9-,10-/m1/s1. The number of ether oxygens (including phenoxy) is 1. The number of alkyl carbamates (subject to hydrolysis) is 1. The fourth-order valence-electron chi connectivity index (χ4n) is 2.14. The number of likely N-dealkylation sites (tertiary alicyclic amines) is 1. The molecule has 0 aromatic carbocycles. The van der Waals surface area contributed by atoms with Gasteiger partial charge in [0, 0.05) is 32.2 Å². The maximum absolute atomic E-state index is 11.5. The van der Waals surface area contributed by atoms with Crippen LogP contribution in [0.25, 0.3) is 0 Å². The first-order valence-corrected chi connectivity index (χ1v) is 6.08. The lowest BCUT2D eigenvalue weighted by atomic mass is 9.97. The minimum absolute atomic E-state index is 0.172. The smallest absolute Gasteiger partial charge is 0.407 e. The Kier molecular flexibility index (Phi) is 4.77. The van der Waals surface area contributed by atoms with Crippen molar-refractivity contribution in [3.63, 3.8) is 0 Å². The van der Waals surface area contributed by atoms with E-state index in [1.807, 2.05) is 27.8 Å². The molecular weight excluding hydrogens is 220 g/mol. The van der Waals surface area contributed by atoms with Crippen LogP contribution in [0.3, 0.4) is 0 Å². The normalized spacial score (nSPS) is 25.9. The van der Waals surface area contributed by atoms with Crippen LogP contribution in [0.5, 0.6) is 0 Å². The molecule has 0 aliphatic carbocycles. The van der Waals surface area contributed by atoms with Gasteiger partial charge in [-0.3, -0.25) is 0 Å². The highest BCUT2D eigenvalue weighted by molar-refractivity contribution is 5.67. The van der Waals surface area contributed by atoms with Crippen LogP contribution < -0.4 is 5.32 Å². The van der Waals surface area contributed by atoms with Gasteiger partial charge in [-0.1, -0.05) is 0 Å². The molecule has 2 N–H and O–H groups in total. The molecule has 1 saturated heterocycles. The number of carbonyl (C=O) groups is 1. The van der Waals surface area contributed by atoms with E-state index < -0.39 is 5.60 Å². The zero-order chi connectivity index (χ0) is 13.1. The monoisotopic (exact) mass is 244 g/mol. The van der Waals surface area contributed by atoms with Gasteiger partial charge in [0.2, 0.25) is 0 Å². The molecule has 1 fully saturated rings. The Morgan fingerprint density at radius 1 is 1.41 bits per heavy atom. The quantitative estimate of drug-likeness (QED) is 0.766. The number of aliphatic hydroxyl groups excluding tert-OH is 1. The van der Waals surface area contributed by atoms with Gasteiger partial charge in [0.05, 0.1) is 0 Å². The first-order valence-electron chi connectivity index (χ1n) is 6.08. The van der Waals surface area contributed by atoms with E-state index in [1.165, 1.54) is 0 Å². The summed E-state index contributed by atoms with van der Waals surface area (Å²) < 4.78 is 5.17. The van der Waals surface area contributed by atoms with Crippen LogP contribution in [-0.4, -0.2) is 55.0 Å².